The van der Waals surface area contributed by atoms with Gasteiger partial charge >= 0.3 is 0 Å². The quantitative estimate of drug-likeness (QED) is 0.847. The predicted molar refractivity (Wildman–Crippen MR) is 83.9 cm³/mol. The lowest BCUT2D eigenvalue weighted by atomic mass is 10.3. The van der Waals surface area contributed by atoms with Crippen molar-refractivity contribution in [3.8, 4) is 0 Å². The van der Waals surface area contributed by atoms with Crippen molar-refractivity contribution in [3.05, 3.63) is 35.9 Å². The van der Waals surface area contributed by atoms with Gasteiger partial charge in [0, 0.05) is 12.2 Å². The SMILES string of the molecule is CCCn1nnnc1CS[C@@H](C)C(=O)Nc1cccc(F)c1. The molecule has 2 aromatic rings. The highest BCUT2D eigenvalue weighted by Gasteiger charge is 2.16. The second-order valence-electron chi connectivity index (χ2n) is 4.77. The summed E-state index contributed by atoms with van der Waals surface area (Å²) in [6.07, 6.45) is 0.943. The van der Waals surface area contributed by atoms with Crippen LogP contribution in [0, 0.1) is 5.82 Å². The van der Waals surface area contributed by atoms with Crippen molar-refractivity contribution >= 4 is 23.4 Å². The fourth-order valence-electron chi connectivity index (χ4n) is 1.80. The van der Waals surface area contributed by atoms with Crippen molar-refractivity contribution in [1.29, 1.82) is 0 Å². The van der Waals surface area contributed by atoms with Gasteiger partial charge in [0.2, 0.25) is 5.91 Å². The van der Waals surface area contributed by atoms with Crippen molar-refractivity contribution < 1.29 is 9.18 Å². The number of aromatic nitrogens is 4. The van der Waals surface area contributed by atoms with Gasteiger partial charge in [-0.05, 0) is 42.0 Å². The number of aryl methyl sites for hydroxylation is 1. The Morgan fingerprint density at radius 3 is 3.05 bits per heavy atom. The zero-order valence-corrected chi connectivity index (χ0v) is 13.3. The smallest absolute Gasteiger partial charge is 0.237 e. The molecule has 2 rings (SSSR count). The molecule has 8 heteroatoms. The lowest BCUT2D eigenvalue weighted by Gasteiger charge is -2.12. The molecule has 6 nitrogen and oxygen atoms in total. The summed E-state index contributed by atoms with van der Waals surface area (Å²) in [5, 5.41) is 13.9. The third-order valence-corrected chi connectivity index (χ3v) is 4.10. The van der Waals surface area contributed by atoms with Crippen molar-refractivity contribution in [2.75, 3.05) is 5.32 Å². The molecule has 0 aliphatic rings. The van der Waals surface area contributed by atoms with Crippen LogP contribution < -0.4 is 5.32 Å². The van der Waals surface area contributed by atoms with Gasteiger partial charge in [0.1, 0.15) is 5.82 Å². The zero-order chi connectivity index (χ0) is 15.9. The Labute approximate surface area is 132 Å². The molecule has 1 heterocycles. The number of nitrogens with one attached hydrogen (secondary N) is 1. The lowest BCUT2D eigenvalue weighted by Crippen LogP contribution is -2.23. The summed E-state index contributed by atoms with van der Waals surface area (Å²) in [7, 11) is 0. The summed E-state index contributed by atoms with van der Waals surface area (Å²) in [5.41, 5.74) is 0.452. The van der Waals surface area contributed by atoms with E-state index < -0.39 is 0 Å². The maximum absolute atomic E-state index is 13.1. The number of nitrogens with zero attached hydrogens (tertiary/aromatic N) is 4. The summed E-state index contributed by atoms with van der Waals surface area (Å²) in [6, 6.07) is 5.83. The van der Waals surface area contributed by atoms with Gasteiger partial charge in [0.05, 0.1) is 11.0 Å². The van der Waals surface area contributed by atoms with Crippen molar-refractivity contribution in [3.63, 3.8) is 0 Å². The molecule has 0 saturated heterocycles. The molecule has 118 valence electrons. The number of hydrogen-bond acceptors (Lipinski definition) is 5. The second-order valence-corrected chi connectivity index (χ2v) is 6.10. The van der Waals surface area contributed by atoms with Crippen LogP contribution in [-0.2, 0) is 17.1 Å². The molecule has 1 N–H and O–H groups in total. The number of anilines is 1. The molecule has 0 aliphatic carbocycles. The van der Waals surface area contributed by atoms with Crippen LogP contribution in [-0.4, -0.2) is 31.4 Å². The van der Waals surface area contributed by atoms with Crippen LogP contribution in [0.1, 0.15) is 26.1 Å². The van der Waals surface area contributed by atoms with Gasteiger partial charge in [0.25, 0.3) is 0 Å². The van der Waals surface area contributed by atoms with Gasteiger partial charge in [-0.25, -0.2) is 9.07 Å². The van der Waals surface area contributed by atoms with E-state index in [9.17, 15) is 9.18 Å². The monoisotopic (exact) mass is 323 g/mol. The van der Waals surface area contributed by atoms with Crippen LogP contribution in [0.3, 0.4) is 0 Å². The number of hydrogen-bond donors (Lipinski definition) is 1. The van der Waals surface area contributed by atoms with Gasteiger partial charge in [0.15, 0.2) is 5.82 Å². The summed E-state index contributed by atoms with van der Waals surface area (Å²) in [6.45, 7) is 4.60. The van der Waals surface area contributed by atoms with Crippen LogP contribution in [0.4, 0.5) is 10.1 Å². The molecule has 0 spiro atoms. The number of carbonyl (C=O) groups excluding carboxylic acids is 1. The standard InChI is InChI=1S/C14H18FN5OS/c1-3-7-20-13(17-18-19-20)9-22-10(2)14(21)16-12-6-4-5-11(15)8-12/h4-6,8,10H,3,7,9H2,1-2H3,(H,16,21)/t10-/m0/s1. The maximum Gasteiger partial charge on any atom is 0.237 e. The molecular weight excluding hydrogens is 305 g/mol. The van der Waals surface area contributed by atoms with Gasteiger partial charge in [-0.3, -0.25) is 4.79 Å². The predicted octanol–water partition coefficient (Wildman–Crippen LogP) is 2.48. The third-order valence-electron chi connectivity index (χ3n) is 2.97. The van der Waals surface area contributed by atoms with Crippen LogP contribution in [0.15, 0.2) is 24.3 Å². The van der Waals surface area contributed by atoms with Crippen LogP contribution >= 0.6 is 11.8 Å². The molecule has 0 fully saturated rings. The van der Waals surface area contributed by atoms with E-state index in [4.69, 9.17) is 0 Å². The van der Waals surface area contributed by atoms with Crippen LogP contribution in [0.5, 0.6) is 0 Å². The van der Waals surface area contributed by atoms with Crippen molar-refractivity contribution in [1.82, 2.24) is 20.2 Å². The first-order valence-electron chi connectivity index (χ1n) is 7.03. The molecule has 0 radical (unpaired) electrons. The number of halogens is 1. The number of amides is 1. The highest BCUT2D eigenvalue weighted by molar-refractivity contribution is 7.99. The normalized spacial score (nSPS) is 12.1. The van der Waals surface area contributed by atoms with Crippen molar-refractivity contribution in [2.45, 2.75) is 37.8 Å². The summed E-state index contributed by atoms with van der Waals surface area (Å²) < 4.78 is 14.8. The number of thioether (sulfide) groups is 1. The molecule has 0 unspecified atom stereocenters. The number of tetrazole rings is 1. The first-order valence-corrected chi connectivity index (χ1v) is 8.08. The maximum atomic E-state index is 13.1. The van der Waals surface area contributed by atoms with E-state index in [-0.39, 0.29) is 17.0 Å². The molecule has 1 aromatic carbocycles. The Kier molecular flexibility index (Phi) is 5.88. The molecule has 22 heavy (non-hydrogen) atoms. The largest absolute Gasteiger partial charge is 0.325 e. The second kappa shape index (κ2) is 7.88. The van der Waals surface area contributed by atoms with Crippen molar-refractivity contribution in [2.24, 2.45) is 0 Å². The fourth-order valence-corrected chi connectivity index (χ4v) is 2.61. The highest BCUT2D eigenvalue weighted by Crippen LogP contribution is 2.18. The summed E-state index contributed by atoms with van der Waals surface area (Å²) in [4.78, 5) is 12.1. The molecule has 0 bridgehead atoms. The Hall–Kier alpha value is -1.96. The van der Waals surface area contributed by atoms with Gasteiger partial charge in [-0.2, -0.15) is 0 Å². The average molecular weight is 323 g/mol. The van der Waals surface area contributed by atoms with E-state index >= 15 is 0 Å². The van der Waals surface area contributed by atoms with Crippen LogP contribution in [0.2, 0.25) is 0 Å². The van der Waals surface area contributed by atoms with Gasteiger partial charge in [-0.1, -0.05) is 13.0 Å². The number of rotatable bonds is 7. The minimum absolute atomic E-state index is 0.176. The molecule has 0 saturated carbocycles. The van der Waals surface area contributed by atoms with E-state index in [2.05, 4.69) is 20.8 Å². The molecular formula is C14H18FN5OS. The lowest BCUT2D eigenvalue weighted by molar-refractivity contribution is -0.115. The van der Waals surface area contributed by atoms with E-state index in [1.165, 1.54) is 23.9 Å². The Morgan fingerprint density at radius 1 is 1.50 bits per heavy atom. The molecule has 1 amide bonds. The summed E-state index contributed by atoms with van der Waals surface area (Å²) in [5.74, 6) is 0.740. The summed E-state index contributed by atoms with van der Waals surface area (Å²) >= 11 is 1.44. The fraction of sp³-hybridized carbons (Fsp3) is 0.429. The Balaban J connectivity index is 1.87. The third kappa shape index (κ3) is 4.52. The molecule has 0 aliphatic heterocycles. The van der Waals surface area contributed by atoms with E-state index in [1.54, 1.807) is 23.7 Å². The van der Waals surface area contributed by atoms with E-state index in [0.29, 0.717) is 11.4 Å². The minimum atomic E-state index is -0.378. The van der Waals surface area contributed by atoms with E-state index in [1.807, 2.05) is 6.92 Å². The van der Waals surface area contributed by atoms with E-state index in [0.717, 1.165) is 18.8 Å². The Morgan fingerprint density at radius 2 is 2.32 bits per heavy atom. The van der Waals surface area contributed by atoms with Gasteiger partial charge < -0.3 is 5.32 Å². The Bertz CT molecular complexity index is 633. The molecule has 1 atom stereocenters. The highest BCUT2D eigenvalue weighted by atomic mass is 32.2. The topological polar surface area (TPSA) is 72.7 Å². The average Bonchev–Trinajstić information content (AvgIpc) is 2.92. The number of carbonyl (C=O) groups is 1. The first-order chi connectivity index (χ1) is 10.6. The minimum Gasteiger partial charge on any atom is -0.325 e. The number of benzene rings is 1. The molecule has 1 aromatic heterocycles. The first kappa shape index (κ1) is 16.4. The van der Waals surface area contributed by atoms with Gasteiger partial charge in [-0.15, -0.1) is 16.9 Å². The zero-order valence-electron chi connectivity index (χ0n) is 12.5. The van der Waals surface area contributed by atoms with Crippen LogP contribution in [0.25, 0.3) is 0 Å².